The Morgan fingerprint density at radius 2 is 2.28 bits per heavy atom. The van der Waals surface area contributed by atoms with E-state index in [1.807, 2.05) is 0 Å². The number of hydrogen-bond donors (Lipinski definition) is 2. The first-order valence-electron chi connectivity index (χ1n) is 6.48. The number of anilines is 1. The van der Waals surface area contributed by atoms with E-state index in [1.165, 1.54) is 12.8 Å². The molecule has 0 radical (unpaired) electrons. The van der Waals surface area contributed by atoms with Crippen LogP contribution in [0.4, 0.5) is 5.82 Å². The second-order valence-corrected chi connectivity index (χ2v) is 5.56. The average Bonchev–Trinajstić information content (AvgIpc) is 2.68. The third-order valence-electron chi connectivity index (χ3n) is 3.85. The Hall–Kier alpha value is -1.58. The molecule has 18 heavy (non-hydrogen) atoms. The van der Waals surface area contributed by atoms with Crippen molar-refractivity contribution in [2.45, 2.75) is 39.2 Å². The molecule has 1 aromatic heterocycles. The van der Waals surface area contributed by atoms with Gasteiger partial charge in [0.2, 0.25) is 0 Å². The van der Waals surface area contributed by atoms with Gasteiger partial charge in [-0.05, 0) is 30.4 Å². The second-order valence-electron chi connectivity index (χ2n) is 5.56. The van der Waals surface area contributed by atoms with Crippen LogP contribution in [0.25, 0.3) is 0 Å². The topological polar surface area (TPSA) is 54.0 Å². The van der Waals surface area contributed by atoms with Gasteiger partial charge in [-0.15, -0.1) is 0 Å². The molecule has 2 rings (SSSR count). The Morgan fingerprint density at radius 3 is 2.89 bits per heavy atom. The van der Waals surface area contributed by atoms with E-state index in [1.54, 1.807) is 25.4 Å². The molecule has 0 spiro atoms. The van der Waals surface area contributed by atoms with Crippen molar-refractivity contribution in [3.63, 3.8) is 0 Å². The fraction of sp³-hybridized carbons (Fsp3) is 0.571. The first-order chi connectivity index (χ1) is 8.54. The summed E-state index contributed by atoms with van der Waals surface area (Å²) in [4.78, 5) is 16.4. The number of pyridine rings is 1. The van der Waals surface area contributed by atoms with Gasteiger partial charge in [-0.25, -0.2) is 4.98 Å². The Balaban J connectivity index is 2.13. The normalized spacial score (nSPS) is 21.6. The molecule has 0 saturated heterocycles. The summed E-state index contributed by atoms with van der Waals surface area (Å²) in [5.74, 6) is 0.596. The quantitative estimate of drug-likeness (QED) is 0.862. The standard InChI is InChI=1S/C14H21N3O/c1-14(2)8-4-7-11(14)17-13(18)10-6-5-9-16-12(10)15-3/h5-6,9,11H,4,7-8H2,1-3H3,(H,15,16)(H,17,18). The molecule has 0 bridgehead atoms. The number of nitrogens with one attached hydrogen (secondary N) is 2. The van der Waals surface area contributed by atoms with Crippen molar-refractivity contribution in [1.82, 2.24) is 10.3 Å². The maximum Gasteiger partial charge on any atom is 0.255 e. The molecular weight excluding hydrogens is 226 g/mol. The van der Waals surface area contributed by atoms with Crippen molar-refractivity contribution >= 4 is 11.7 Å². The van der Waals surface area contributed by atoms with Gasteiger partial charge in [0.05, 0.1) is 5.56 Å². The molecular formula is C14H21N3O. The number of amides is 1. The highest BCUT2D eigenvalue weighted by Gasteiger charge is 2.35. The van der Waals surface area contributed by atoms with Crippen LogP contribution in [0, 0.1) is 5.41 Å². The SMILES string of the molecule is CNc1ncccc1C(=O)NC1CCCC1(C)C. The molecule has 0 aliphatic heterocycles. The number of carbonyl (C=O) groups is 1. The van der Waals surface area contributed by atoms with Crippen LogP contribution in [0.1, 0.15) is 43.5 Å². The monoisotopic (exact) mass is 247 g/mol. The van der Waals surface area contributed by atoms with E-state index in [9.17, 15) is 4.79 Å². The molecule has 98 valence electrons. The highest BCUT2D eigenvalue weighted by atomic mass is 16.1. The predicted molar refractivity (Wildman–Crippen MR) is 72.7 cm³/mol. The molecule has 1 amide bonds. The Kier molecular flexibility index (Phi) is 3.55. The third-order valence-corrected chi connectivity index (χ3v) is 3.85. The molecule has 1 aromatic rings. The maximum atomic E-state index is 12.3. The van der Waals surface area contributed by atoms with E-state index in [-0.39, 0.29) is 17.4 Å². The lowest BCUT2D eigenvalue weighted by Crippen LogP contribution is -2.41. The number of nitrogens with zero attached hydrogens (tertiary/aromatic N) is 1. The Bertz CT molecular complexity index is 442. The zero-order valence-electron chi connectivity index (χ0n) is 11.3. The minimum absolute atomic E-state index is 0.0348. The van der Waals surface area contributed by atoms with Crippen LogP contribution in [0.2, 0.25) is 0 Å². The van der Waals surface area contributed by atoms with Crippen LogP contribution in [0.5, 0.6) is 0 Å². The first-order valence-corrected chi connectivity index (χ1v) is 6.48. The highest BCUT2D eigenvalue weighted by molar-refractivity contribution is 5.98. The van der Waals surface area contributed by atoms with E-state index in [0.717, 1.165) is 6.42 Å². The zero-order valence-corrected chi connectivity index (χ0v) is 11.3. The molecule has 1 fully saturated rings. The zero-order chi connectivity index (χ0) is 13.2. The van der Waals surface area contributed by atoms with Crippen LogP contribution >= 0.6 is 0 Å². The summed E-state index contributed by atoms with van der Waals surface area (Å²) in [6, 6.07) is 3.85. The van der Waals surface area contributed by atoms with Crippen LogP contribution in [-0.2, 0) is 0 Å². The van der Waals surface area contributed by atoms with Gasteiger partial charge >= 0.3 is 0 Å². The molecule has 1 atom stereocenters. The molecule has 1 aliphatic rings. The third kappa shape index (κ3) is 2.47. The molecule has 4 heteroatoms. The smallest absolute Gasteiger partial charge is 0.255 e. The van der Waals surface area contributed by atoms with Gasteiger partial charge in [0.15, 0.2) is 0 Å². The number of hydrogen-bond acceptors (Lipinski definition) is 3. The maximum absolute atomic E-state index is 12.3. The van der Waals surface area contributed by atoms with Crippen LogP contribution in [0.3, 0.4) is 0 Å². The van der Waals surface area contributed by atoms with Crippen LogP contribution in [0.15, 0.2) is 18.3 Å². The van der Waals surface area contributed by atoms with Gasteiger partial charge < -0.3 is 10.6 Å². The molecule has 1 aliphatic carbocycles. The summed E-state index contributed by atoms with van der Waals surface area (Å²) in [5.41, 5.74) is 0.806. The van der Waals surface area contributed by atoms with Crippen molar-refractivity contribution in [1.29, 1.82) is 0 Å². The summed E-state index contributed by atoms with van der Waals surface area (Å²) in [6.07, 6.45) is 5.10. The van der Waals surface area contributed by atoms with Crippen molar-refractivity contribution in [2.24, 2.45) is 5.41 Å². The second kappa shape index (κ2) is 4.96. The van der Waals surface area contributed by atoms with Gasteiger partial charge in [-0.1, -0.05) is 20.3 Å². The summed E-state index contributed by atoms with van der Waals surface area (Å²) in [6.45, 7) is 4.43. The summed E-state index contributed by atoms with van der Waals surface area (Å²) < 4.78 is 0. The van der Waals surface area contributed by atoms with E-state index in [2.05, 4.69) is 29.5 Å². The van der Waals surface area contributed by atoms with E-state index < -0.39 is 0 Å². The van der Waals surface area contributed by atoms with Crippen molar-refractivity contribution < 1.29 is 4.79 Å². The van der Waals surface area contributed by atoms with Crippen molar-refractivity contribution in [2.75, 3.05) is 12.4 Å². The molecule has 1 unspecified atom stereocenters. The molecule has 2 N–H and O–H groups in total. The fourth-order valence-electron chi connectivity index (χ4n) is 2.62. The molecule has 4 nitrogen and oxygen atoms in total. The lowest BCUT2D eigenvalue weighted by molar-refractivity contribution is 0.0910. The van der Waals surface area contributed by atoms with E-state index in [4.69, 9.17) is 0 Å². The largest absolute Gasteiger partial charge is 0.372 e. The lowest BCUT2D eigenvalue weighted by Gasteiger charge is -2.28. The summed E-state index contributed by atoms with van der Waals surface area (Å²) in [7, 11) is 1.78. The summed E-state index contributed by atoms with van der Waals surface area (Å²) >= 11 is 0. The summed E-state index contributed by atoms with van der Waals surface area (Å²) in [5, 5.41) is 6.09. The van der Waals surface area contributed by atoms with Gasteiger partial charge in [0.25, 0.3) is 5.91 Å². The molecule has 0 aromatic carbocycles. The van der Waals surface area contributed by atoms with E-state index in [0.29, 0.717) is 11.4 Å². The molecule has 1 saturated carbocycles. The minimum atomic E-state index is -0.0348. The van der Waals surface area contributed by atoms with Crippen LogP contribution in [-0.4, -0.2) is 24.0 Å². The lowest BCUT2D eigenvalue weighted by atomic mass is 9.87. The van der Waals surface area contributed by atoms with Crippen molar-refractivity contribution in [3.8, 4) is 0 Å². The van der Waals surface area contributed by atoms with Gasteiger partial charge in [-0.2, -0.15) is 0 Å². The molecule has 1 heterocycles. The van der Waals surface area contributed by atoms with Gasteiger partial charge in [0, 0.05) is 19.3 Å². The first kappa shape index (κ1) is 12.9. The predicted octanol–water partition coefficient (Wildman–Crippen LogP) is 2.43. The van der Waals surface area contributed by atoms with Gasteiger partial charge in [0.1, 0.15) is 5.82 Å². The highest BCUT2D eigenvalue weighted by Crippen LogP contribution is 2.37. The fourth-order valence-corrected chi connectivity index (χ4v) is 2.62. The van der Waals surface area contributed by atoms with Crippen molar-refractivity contribution in [3.05, 3.63) is 23.9 Å². The van der Waals surface area contributed by atoms with E-state index >= 15 is 0 Å². The number of carbonyl (C=O) groups excluding carboxylic acids is 1. The Labute approximate surface area is 108 Å². The number of rotatable bonds is 3. The average molecular weight is 247 g/mol. The van der Waals surface area contributed by atoms with Crippen LogP contribution < -0.4 is 10.6 Å². The van der Waals surface area contributed by atoms with Gasteiger partial charge in [-0.3, -0.25) is 4.79 Å². The minimum Gasteiger partial charge on any atom is -0.372 e. The Morgan fingerprint density at radius 1 is 1.50 bits per heavy atom. The number of aromatic nitrogens is 1.